The first-order chi connectivity index (χ1) is 19.1. The minimum atomic E-state index is -0.134. The van der Waals surface area contributed by atoms with Crippen LogP contribution >= 0.6 is 0 Å². The molecule has 4 aromatic carbocycles. The summed E-state index contributed by atoms with van der Waals surface area (Å²) in [5.74, 6) is 3.01. The van der Waals surface area contributed by atoms with Crippen molar-refractivity contribution in [2.75, 3.05) is 38.3 Å². The van der Waals surface area contributed by atoms with Gasteiger partial charge < -0.3 is 29.2 Å². The first-order valence-electron chi connectivity index (χ1n) is 13.3. The average Bonchev–Trinajstić information content (AvgIpc) is 2.97. The number of piperazine rings is 1. The smallest absolute Gasteiger partial charge is 0.241 e. The Labute approximate surface area is 229 Å². The molecular weight excluding hydrogens is 492 g/mol. The van der Waals surface area contributed by atoms with E-state index in [0.29, 0.717) is 38.5 Å². The highest BCUT2D eigenvalue weighted by molar-refractivity contribution is 5.96. The number of ether oxygens (including phenoxy) is 4. The molecule has 39 heavy (non-hydrogen) atoms. The van der Waals surface area contributed by atoms with Crippen LogP contribution in [0.1, 0.15) is 13.3 Å². The Bertz CT molecular complexity index is 1390. The number of para-hydroxylation sites is 2. The van der Waals surface area contributed by atoms with E-state index in [9.17, 15) is 4.79 Å². The molecule has 202 valence electrons. The second-order valence-corrected chi connectivity index (χ2v) is 9.55. The standard InChI is InChI=1S/C32H34N2O5/c1-23(39-31-12-6-5-11-30(31)36-2)18-19-37-27-16-14-25(15-17-27)34-26(20-33-21-32(34)35)22-38-29-13-7-9-24-8-3-4-10-28(24)29/h3-17,23,26,33H,18-22H2,1-2H3/t23?,26-/m1/s1. The van der Waals surface area contributed by atoms with Crippen molar-refractivity contribution in [1.82, 2.24) is 5.32 Å². The quantitative estimate of drug-likeness (QED) is 0.280. The van der Waals surface area contributed by atoms with Gasteiger partial charge >= 0.3 is 0 Å². The van der Waals surface area contributed by atoms with Gasteiger partial charge in [-0.25, -0.2) is 0 Å². The molecule has 1 N–H and O–H groups in total. The topological polar surface area (TPSA) is 69.3 Å². The maximum Gasteiger partial charge on any atom is 0.241 e. The molecule has 1 amide bonds. The number of amides is 1. The Morgan fingerprint density at radius 2 is 1.59 bits per heavy atom. The van der Waals surface area contributed by atoms with Gasteiger partial charge in [0, 0.05) is 24.0 Å². The molecular formula is C32H34N2O5. The number of fused-ring (bicyclic) bond motifs is 1. The monoisotopic (exact) mass is 526 g/mol. The molecule has 1 fully saturated rings. The first kappa shape index (κ1) is 26.4. The molecule has 0 bridgehead atoms. The second kappa shape index (κ2) is 12.5. The highest BCUT2D eigenvalue weighted by Gasteiger charge is 2.30. The van der Waals surface area contributed by atoms with Crippen molar-refractivity contribution in [2.45, 2.75) is 25.5 Å². The zero-order valence-corrected chi connectivity index (χ0v) is 22.3. The molecule has 2 atom stereocenters. The van der Waals surface area contributed by atoms with E-state index in [4.69, 9.17) is 18.9 Å². The van der Waals surface area contributed by atoms with Crippen molar-refractivity contribution >= 4 is 22.4 Å². The van der Waals surface area contributed by atoms with Crippen LogP contribution in [0.3, 0.4) is 0 Å². The summed E-state index contributed by atoms with van der Waals surface area (Å²) in [6.07, 6.45) is 0.672. The van der Waals surface area contributed by atoms with E-state index < -0.39 is 0 Å². The van der Waals surface area contributed by atoms with Crippen LogP contribution in [0.15, 0.2) is 91.0 Å². The summed E-state index contributed by atoms with van der Waals surface area (Å²) in [7, 11) is 1.63. The predicted molar refractivity (Wildman–Crippen MR) is 153 cm³/mol. The van der Waals surface area contributed by atoms with Crippen LogP contribution in [0.4, 0.5) is 5.69 Å². The van der Waals surface area contributed by atoms with Crippen molar-refractivity contribution in [3.8, 4) is 23.0 Å². The fourth-order valence-electron chi connectivity index (χ4n) is 4.76. The fourth-order valence-corrected chi connectivity index (χ4v) is 4.76. The predicted octanol–water partition coefficient (Wildman–Crippen LogP) is 5.47. The highest BCUT2D eigenvalue weighted by Crippen LogP contribution is 2.29. The lowest BCUT2D eigenvalue weighted by Crippen LogP contribution is -2.57. The van der Waals surface area contributed by atoms with Crippen molar-refractivity contribution in [1.29, 1.82) is 0 Å². The van der Waals surface area contributed by atoms with Crippen LogP contribution in [-0.4, -0.2) is 51.5 Å². The Morgan fingerprint density at radius 3 is 2.41 bits per heavy atom. The van der Waals surface area contributed by atoms with Crippen LogP contribution in [0.25, 0.3) is 10.8 Å². The maximum absolute atomic E-state index is 12.9. The number of anilines is 1. The van der Waals surface area contributed by atoms with Gasteiger partial charge in [0.15, 0.2) is 11.5 Å². The van der Waals surface area contributed by atoms with Crippen molar-refractivity contribution in [2.24, 2.45) is 0 Å². The third-order valence-electron chi connectivity index (χ3n) is 6.78. The first-order valence-corrected chi connectivity index (χ1v) is 13.3. The second-order valence-electron chi connectivity index (χ2n) is 9.55. The molecule has 5 rings (SSSR count). The van der Waals surface area contributed by atoms with Crippen LogP contribution in [0, 0.1) is 0 Å². The number of carbonyl (C=O) groups excluding carboxylic acids is 1. The molecule has 1 saturated heterocycles. The summed E-state index contributed by atoms with van der Waals surface area (Å²) in [4.78, 5) is 14.7. The summed E-state index contributed by atoms with van der Waals surface area (Å²) < 4.78 is 23.6. The molecule has 4 aromatic rings. The lowest BCUT2D eigenvalue weighted by Gasteiger charge is -2.36. The highest BCUT2D eigenvalue weighted by atomic mass is 16.5. The van der Waals surface area contributed by atoms with Crippen LogP contribution in [0.5, 0.6) is 23.0 Å². The molecule has 1 unspecified atom stereocenters. The molecule has 0 aromatic heterocycles. The van der Waals surface area contributed by atoms with E-state index in [-0.39, 0.29) is 18.1 Å². The molecule has 7 nitrogen and oxygen atoms in total. The molecule has 0 aliphatic carbocycles. The number of methoxy groups -OCH3 is 1. The number of carbonyl (C=O) groups is 1. The Kier molecular flexibility index (Phi) is 8.48. The van der Waals surface area contributed by atoms with Crippen molar-refractivity contribution in [3.05, 3.63) is 91.0 Å². The number of hydrogen-bond acceptors (Lipinski definition) is 6. The van der Waals surface area contributed by atoms with Crippen LogP contribution < -0.4 is 29.2 Å². The summed E-state index contributed by atoms with van der Waals surface area (Å²) in [5.41, 5.74) is 0.827. The van der Waals surface area contributed by atoms with Gasteiger partial charge in [-0.05, 0) is 54.8 Å². The van der Waals surface area contributed by atoms with Crippen molar-refractivity contribution in [3.63, 3.8) is 0 Å². The average molecular weight is 527 g/mol. The summed E-state index contributed by atoms with van der Waals surface area (Å²) >= 11 is 0. The van der Waals surface area contributed by atoms with Gasteiger partial charge in [0.2, 0.25) is 5.91 Å². The minimum absolute atomic E-state index is 0.0174. The molecule has 1 heterocycles. The van der Waals surface area contributed by atoms with Gasteiger partial charge in [-0.15, -0.1) is 0 Å². The fraction of sp³-hybridized carbons (Fsp3) is 0.281. The van der Waals surface area contributed by atoms with E-state index in [2.05, 4.69) is 23.5 Å². The van der Waals surface area contributed by atoms with Crippen LogP contribution in [0.2, 0.25) is 0 Å². The van der Waals surface area contributed by atoms with Crippen molar-refractivity contribution < 1.29 is 23.7 Å². The summed E-state index contributed by atoms with van der Waals surface area (Å²) in [6.45, 7) is 3.85. The van der Waals surface area contributed by atoms with E-state index in [1.807, 2.05) is 84.6 Å². The summed E-state index contributed by atoms with van der Waals surface area (Å²) in [5, 5.41) is 5.40. The zero-order chi connectivity index (χ0) is 27.0. The number of benzene rings is 4. The third-order valence-corrected chi connectivity index (χ3v) is 6.78. The molecule has 0 spiro atoms. The SMILES string of the molecule is COc1ccccc1OC(C)CCOc1ccc(N2C(=O)CNC[C@@H]2COc2cccc3ccccc23)cc1. The Morgan fingerprint density at radius 1 is 0.872 bits per heavy atom. The minimum Gasteiger partial charge on any atom is -0.493 e. The molecule has 1 aliphatic heterocycles. The van der Waals surface area contributed by atoms with E-state index >= 15 is 0 Å². The maximum atomic E-state index is 12.9. The van der Waals surface area contributed by atoms with Gasteiger partial charge in [-0.2, -0.15) is 0 Å². The van der Waals surface area contributed by atoms with Gasteiger partial charge in [-0.1, -0.05) is 48.5 Å². The number of rotatable bonds is 11. The van der Waals surface area contributed by atoms with E-state index in [0.717, 1.165) is 33.7 Å². The molecule has 0 radical (unpaired) electrons. The third kappa shape index (κ3) is 6.44. The normalized spacial score (nSPS) is 16.1. The van der Waals surface area contributed by atoms with E-state index in [1.54, 1.807) is 7.11 Å². The number of nitrogens with one attached hydrogen (secondary N) is 1. The lowest BCUT2D eigenvalue weighted by atomic mass is 10.1. The lowest BCUT2D eigenvalue weighted by molar-refractivity contribution is -0.119. The molecule has 0 saturated carbocycles. The van der Waals surface area contributed by atoms with Gasteiger partial charge in [-0.3, -0.25) is 4.79 Å². The van der Waals surface area contributed by atoms with Gasteiger partial charge in [0.25, 0.3) is 0 Å². The van der Waals surface area contributed by atoms with E-state index in [1.165, 1.54) is 0 Å². The van der Waals surface area contributed by atoms with Crippen LogP contribution in [-0.2, 0) is 4.79 Å². The zero-order valence-electron chi connectivity index (χ0n) is 22.3. The number of nitrogens with zero attached hydrogens (tertiary/aromatic N) is 1. The van der Waals surface area contributed by atoms with Gasteiger partial charge in [0.1, 0.15) is 18.1 Å². The number of hydrogen-bond donors (Lipinski definition) is 1. The van der Waals surface area contributed by atoms with Gasteiger partial charge in [0.05, 0.1) is 32.4 Å². The molecule has 7 heteroatoms. The Hall–Kier alpha value is -4.23. The summed E-state index contributed by atoms with van der Waals surface area (Å²) in [6, 6.07) is 29.3. The Balaban J connectivity index is 1.17. The largest absolute Gasteiger partial charge is 0.493 e. The molecule has 1 aliphatic rings.